The Hall–Kier alpha value is -1.12. The number of hydrogen-bond donors (Lipinski definition) is 0. The van der Waals surface area contributed by atoms with Crippen molar-refractivity contribution >= 4 is 11.9 Å². The maximum absolute atomic E-state index is 11.2. The summed E-state index contributed by atoms with van der Waals surface area (Å²) in [6.07, 6.45) is 5.06. The van der Waals surface area contributed by atoms with Crippen LogP contribution in [-0.2, 0) is 14.3 Å². The zero-order valence-corrected chi connectivity index (χ0v) is 6.40. The highest BCUT2D eigenvalue weighted by molar-refractivity contribution is 5.98. The van der Waals surface area contributed by atoms with Crippen LogP contribution in [0.5, 0.6) is 0 Å². The number of cyclic esters (lactones) is 2. The summed E-state index contributed by atoms with van der Waals surface area (Å²) in [6.45, 7) is 0. The van der Waals surface area contributed by atoms with Gasteiger partial charge < -0.3 is 4.74 Å². The second-order valence-electron chi connectivity index (χ2n) is 3.74. The zero-order valence-electron chi connectivity index (χ0n) is 6.40. The maximum Gasteiger partial charge on any atom is 0.318 e. The minimum atomic E-state index is -0.304. The van der Waals surface area contributed by atoms with Gasteiger partial charge in [-0.3, -0.25) is 9.59 Å². The van der Waals surface area contributed by atoms with Gasteiger partial charge in [0.2, 0.25) is 0 Å². The fourth-order valence-electron chi connectivity index (χ4n) is 2.70. The molecule has 0 spiro atoms. The maximum atomic E-state index is 11.2. The molecule has 0 aromatic heterocycles. The van der Waals surface area contributed by atoms with E-state index in [4.69, 9.17) is 0 Å². The molecule has 12 heavy (non-hydrogen) atoms. The Kier molecular flexibility index (Phi) is 0.953. The highest BCUT2D eigenvalue weighted by atomic mass is 16.6. The third kappa shape index (κ3) is 0.543. The number of carbonyl (C=O) groups is 2. The lowest BCUT2D eigenvalue weighted by Gasteiger charge is -2.12. The van der Waals surface area contributed by atoms with Gasteiger partial charge in [-0.15, -0.1) is 0 Å². The first-order valence-electron chi connectivity index (χ1n) is 4.21. The first kappa shape index (κ1) is 6.40. The topological polar surface area (TPSA) is 43.4 Å². The van der Waals surface area contributed by atoms with Gasteiger partial charge in [0.25, 0.3) is 0 Å². The summed E-state index contributed by atoms with van der Waals surface area (Å²) < 4.78 is 4.59. The van der Waals surface area contributed by atoms with Crippen LogP contribution in [0.25, 0.3) is 0 Å². The molecule has 0 aromatic rings. The van der Waals surface area contributed by atoms with Crippen molar-refractivity contribution in [3.8, 4) is 0 Å². The smallest absolute Gasteiger partial charge is 0.318 e. The normalized spacial score (nSPS) is 48.3. The van der Waals surface area contributed by atoms with E-state index in [1.165, 1.54) is 0 Å². The highest BCUT2D eigenvalue weighted by Crippen LogP contribution is 2.51. The molecule has 1 heterocycles. The van der Waals surface area contributed by atoms with E-state index < -0.39 is 0 Å². The average Bonchev–Trinajstić information content (AvgIpc) is 2.64. The highest BCUT2D eigenvalue weighted by Gasteiger charge is 2.57. The lowest BCUT2D eigenvalue weighted by atomic mass is 9.85. The fourth-order valence-corrected chi connectivity index (χ4v) is 2.70. The molecule has 3 aliphatic rings. The Bertz CT molecular complexity index is 277. The number of ether oxygens (including phenoxy) is 1. The van der Waals surface area contributed by atoms with Gasteiger partial charge in [-0.25, -0.2) is 0 Å². The number of hydrogen-bond acceptors (Lipinski definition) is 3. The van der Waals surface area contributed by atoms with Crippen molar-refractivity contribution in [3.05, 3.63) is 12.2 Å². The van der Waals surface area contributed by atoms with Crippen LogP contribution in [-0.4, -0.2) is 11.9 Å². The minimum Gasteiger partial charge on any atom is -0.393 e. The molecular formula is C9H8O3. The Morgan fingerprint density at radius 2 is 1.58 bits per heavy atom. The summed E-state index contributed by atoms with van der Waals surface area (Å²) >= 11 is 0. The van der Waals surface area contributed by atoms with Gasteiger partial charge >= 0.3 is 11.9 Å². The average molecular weight is 164 g/mol. The third-order valence-electron chi connectivity index (χ3n) is 3.20. The summed E-state index contributed by atoms with van der Waals surface area (Å²) in [5, 5.41) is 0. The molecule has 2 unspecified atom stereocenters. The molecule has 1 aliphatic heterocycles. The van der Waals surface area contributed by atoms with Gasteiger partial charge in [-0.2, -0.15) is 0 Å². The molecule has 0 amide bonds. The molecule has 0 N–H and O–H groups in total. The van der Waals surface area contributed by atoms with E-state index in [1.54, 1.807) is 0 Å². The fraction of sp³-hybridized carbons (Fsp3) is 0.556. The third-order valence-corrected chi connectivity index (χ3v) is 3.20. The van der Waals surface area contributed by atoms with Crippen molar-refractivity contribution in [2.75, 3.05) is 0 Å². The van der Waals surface area contributed by atoms with Crippen LogP contribution < -0.4 is 0 Å². The van der Waals surface area contributed by atoms with Crippen molar-refractivity contribution in [1.82, 2.24) is 0 Å². The van der Waals surface area contributed by atoms with Gasteiger partial charge in [0.15, 0.2) is 0 Å². The first-order chi connectivity index (χ1) is 5.77. The Balaban J connectivity index is 2.08. The Morgan fingerprint density at radius 1 is 1.08 bits per heavy atom. The molecule has 2 aliphatic carbocycles. The molecule has 3 rings (SSSR count). The second kappa shape index (κ2) is 1.79. The van der Waals surface area contributed by atoms with Gasteiger partial charge in [0.05, 0.1) is 11.8 Å². The van der Waals surface area contributed by atoms with Crippen molar-refractivity contribution in [2.24, 2.45) is 23.7 Å². The van der Waals surface area contributed by atoms with Crippen molar-refractivity contribution in [2.45, 2.75) is 6.42 Å². The molecule has 62 valence electrons. The van der Waals surface area contributed by atoms with E-state index in [0.717, 1.165) is 6.42 Å². The number of fused-ring (bicyclic) bond motifs is 5. The van der Waals surface area contributed by atoms with E-state index in [1.807, 2.05) is 12.2 Å². The van der Waals surface area contributed by atoms with Crippen LogP contribution in [0.3, 0.4) is 0 Å². The van der Waals surface area contributed by atoms with E-state index >= 15 is 0 Å². The van der Waals surface area contributed by atoms with E-state index in [-0.39, 0.29) is 35.6 Å². The molecule has 0 radical (unpaired) electrons. The predicted octanol–water partition coefficient (Wildman–Crippen LogP) is 0.508. The van der Waals surface area contributed by atoms with Gasteiger partial charge in [-0.05, 0) is 18.3 Å². The summed E-state index contributed by atoms with van der Waals surface area (Å²) in [5.74, 6) is -0.346. The van der Waals surface area contributed by atoms with E-state index in [2.05, 4.69) is 4.74 Å². The number of allylic oxidation sites excluding steroid dienone is 2. The molecule has 0 aromatic carbocycles. The zero-order chi connectivity index (χ0) is 8.29. The predicted molar refractivity (Wildman–Crippen MR) is 38.8 cm³/mol. The lowest BCUT2D eigenvalue weighted by molar-refractivity contribution is -0.154. The molecule has 1 saturated heterocycles. The monoisotopic (exact) mass is 164 g/mol. The van der Waals surface area contributed by atoms with Crippen molar-refractivity contribution < 1.29 is 14.3 Å². The first-order valence-corrected chi connectivity index (χ1v) is 4.21. The standard InChI is InChI=1S/C9H8O3/c10-8-6-4-1-2-5(3-4)7(6)9(11)12-8/h1-2,4-7H,3H2/t4-,5?,6?,7+/m0/s1. The van der Waals surface area contributed by atoms with Gasteiger partial charge in [-0.1, -0.05) is 12.2 Å². The summed E-state index contributed by atoms with van der Waals surface area (Å²) in [5.41, 5.74) is 0. The van der Waals surface area contributed by atoms with Crippen molar-refractivity contribution in [3.63, 3.8) is 0 Å². The molecule has 1 saturated carbocycles. The quantitative estimate of drug-likeness (QED) is 0.297. The molecule has 2 bridgehead atoms. The van der Waals surface area contributed by atoms with Gasteiger partial charge in [0, 0.05) is 0 Å². The van der Waals surface area contributed by atoms with Crippen LogP contribution in [0, 0.1) is 23.7 Å². The van der Waals surface area contributed by atoms with Crippen LogP contribution >= 0.6 is 0 Å². The van der Waals surface area contributed by atoms with Crippen LogP contribution in [0.1, 0.15) is 6.42 Å². The Labute approximate surface area is 69.4 Å². The van der Waals surface area contributed by atoms with E-state index in [9.17, 15) is 9.59 Å². The molecule has 2 fully saturated rings. The largest absolute Gasteiger partial charge is 0.393 e. The molecule has 3 nitrogen and oxygen atoms in total. The van der Waals surface area contributed by atoms with Crippen LogP contribution in [0.4, 0.5) is 0 Å². The van der Waals surface area contributed by atoms with Gasteiger partial charge in [0.1, 0.15) is 0 Å². The van der Waals surface area contributed by atoms with Crippen molar-refractivity contribution in [1.29, 1.82) is 0 Å². The van der Waals surface area contributed by atoms with Crippen LogP contribution in [0.15, 0.2) is 12.2 Å². The van der Waals surface area contributed by atoms with E-state index in [0.29, 0.717) is 0 Å². The molecular weight excluding hydrogens is 156 g/mol. The second-order valence-corrected chi connectivity index (χ2v) is 3.74. The minimum absolute atomic E-state index is 0.146. The number of rotatable bonds is 0. The molecule has 3 heteroatoms. The lowest BCUT2D eigenvalue weighted by Crippen LogP contribution is -2.21. The summed E-state index contributed by atoms with van der Waals surface area (Å²) in [7, 11) is 0. The summed E-state index contributed by atoms with van der Waals surface area (Å²) in [4.78, 5) is 22.4. The Morgan fingerprint density at radius 3 is 2.08 bits per heavy atom. The summed E-state index contributed by atoms with van der Waals surface area (Å²) in [6, 6.07) is 0. The number of carbonyl (C=O) groups excluding carboxylic acids is 2. The SMILES string of the molecule is O=C1OC(=O)[C@@H]2C3C=C[C@@H](C3)C12. The number of esters is 2. The van der Waals surface area contributed by atoms with Crippen LogP contribution in [0.2, 0.25) is 0 Å². The molecule has 4 atom stereocenters.